The van der Waals surface area contributed by atoms with Gasteiger partial charge in [0.15, 0.2) is 0 Å². The Balaban J connectivity index is 2.28. The monoisotopic (exact) mass is 213 g/mol. The lowest BCUT2D eigenvalue weighted by Crippen LogP contribution is -1.99. The average molecular weight is 213 g/mol. The van der Waals surface area contributed by atoms with E-state index in [1.807, 2.05) is 5.38 Å². The largest absolute Gasteiger partial charge is 0.316 e. The number of hydrogen-bond donors (Lipinski definition) is 1. The molecule has 14 heavy (non-hydrogen) atoms. The first-order chi connectivity index (χ1) is 6.74. The Labute approximate surface area is 89.4 Å². The highest BCUT2D eigenvalue weighted by atomic mass is 32.1. The smallest absolute Gasteiger partial charge is 0.304 e. The van der Waals surface area contributed by atoms with Crippen molar-refractivity contribution in [1.82, 2.24) is 4.98 Å². The first kappa shape index (κ1) is 11.5. The lowest BCUT2D eigenvalue weighted by molar-refractivity contribution is 0.573. The molecule has 80 valence electrons. The van der Waals surface area contributed by atoms with Crippen LogP contribution in [0, 0.1) is 0 Å². The van der Waals surface area contributed by atoms with Crippen molar-refractivity contribution in [3.05, 3.63) is 20.7 Å². The SMILES string of the molecule is CCCCCCC(C)c1csc(=O)[nH]1. The molecule has 1 atom stereocenters. The lowest BCUT2D eigenvalue weighted by Gasteiger charge is -2.07. The van der Waals surface area contributed by atoms with E-state index in [9.17, 15) is 4.79 Å². The molecule has 1 rings (SSSR count). The predicted molar refractivity (Wildman–Crippen MR) is 62.1 cm³/mol. The summed E-state index contributed by atoms with van der Waals surface area (Å²) in [6, 6.07) is 0. The van der Waals surface area contributed by atoms with E-state index in [2.05, 4.69) is 18.8 Å². The van der Waals surface area contributed by atoms with Crippen LogP contribution in [-0.4, -0.2) is 4.98 Å². The number of hydrogen-bond acceptors (Lipinski definition) is 2. The second-order valence-electron chi connectivity index (χ2n) is 3.85. The maximum Gasteiger partial charge on any atom is 0.304 e. The molecule has 0 fully saturated rings. The summed E-state index contributed by atoms with van der Waals surface area (Å²) in [6.07, 6.45) is 6.38. The Morgan fingerprint density at radius 3 is 2.79 bits per heavy atom. The standard InChI is InChI=1S/C11H19NOS/c1-3-4-5-6-7-9(2)10-8-14-11(13)12-10/h8-9H,3-7H2,1-2H3,(H,12,13). The molecule has 2 nitrogen and oxygen atoms in total. The molecule has 0 amide bonds. The van der Waals surface area contributed by atoms with Crippen LogP contribution in [0.1, 0.15) is 57.6 Å². The zero-order valence-electron chi connectivity index (χ0n) is 9.01. The number of aromatic nitrogens is 1. The molecule has 1 N–H and O–H groups in total. The number of thiazole rings is 1. The van der Waals surface area contributed by atoms with Crippen LogP contribution in [-0.2, 0) is 0 Å². The van der Waals surface area contributed by atoms with Crippen LogP contribution in [0.3, 0.4) is 0 Å². The lowest BCUT2D eigenvalue weighted by atomic mass is 10.0. The van der Waals surface area contributed by atoms with E-state index in [-0.39, 0.29) is 4.87 Å². The van der Waals surface area contributed by atoms with Crippen LogP contribution in [0.2, 0.25) is 0 Å². The van der Waals surface area contributed by atoms with Gasteiger partial charge in [-0.3, -0.25) is 4.79 Å². The summed E-state index contributed by atoms with van der Waals surface area (Å²) in [5.41, 5.74) is 1.11. The van der Waals surface area contributed by atoms with E-state index in [0.29, 0.717) is 5.92 Å². The first-order valence-corrected chi connectivity index (χ1v) is 6.29. The van der Waals surface area contributed by atoms with Gasteiger partial charge in [-0.15, -0.1) is 0 Å². The van der Waals surface area contributed by atoms with Gasteiger partial charge in [0.25, 0.3) is 0 Å². The molecule has 0 aliphatic heterocycles. The van der Waals surface area contributed by atoms with Crippen LogP contribution in [0.15, 0.2) is 10.2 Å². The fraction of sp³-hybridized carbons (Fsp3) is 0.727. The summed E-state index contributed by atoms with van der Waals surface area (Å²) in [5, 5.41) is 1.95. The van der Waals surface area contributed by atoms with Gasteiger partial charge in [0.1, 0.15) is 0 Å². The van der Waals surface area contributed by atoms with Gasteiger partial charge >= 0.3 is 4.87 Å². The van der Waals surface area contributed by atoms with Crippen molar-refractivity contribution < 1.29 is 0 Å². The van der Waals surface area contributed by atoms with Crippen molar-refractivity contribution in [3.8, 4) is 0 Å². The van der Waals surface area contributed by atoms with Crippen molar-refractivity contribution in [2.24, 2.45) is 0 Å². The summed E-state index contributed by atoms with van der Waals surface area (Å²) in [4.78, 5) is 13.9. The van der Waals surface area contributed by atoms with Gasteiger partial charge < -0.3 is 4.98 Å². The van der Waals surface area contributed by atoms with Crippen molar-refractivity contribution in [2.75, 3.05) is 0 Å². The average Bonchev–Trinajstić information content (AvgIpc) is 2.59. The highest BCUT2D eigenvalue weighted by molar-refractivity contribution is 7.07. The number of H-pyrrole nitrogens is 1. The van der Waals surface area contributed by atoms with E-state index in [1.165, 1.54) is 43.4 Å². The summed E-state index contributed by atoms with van der Waals surface area (Å²) >= 11 is 1.27. The molecule has 1 heterocycles. The van der Waals surface area contributed by atoms with Crippen LogP contribution in [0.4, 0.5) is 0 Å². The minimum atomic E-state index is 0.0698. The molecule has 1 aromatic heterocycles. The van der Waals surface area contributed by atoms with Crippen molar-refractivity contribution >= 4 is 11.3 Å². The van der Waals surface area contributed by atoms with E-state index in [0.717, 1.165) is 5.69 Å². The molecule has 0 aliphatic carbocycles. The van der Waals surface area contributed by atoms with E-state index < -0.39 is 0 Å². The van der Waals surface area contributed by atoms with Crippen LogP contribution >= 0.6 is 11.3 Å². The third-order valence-electron chi connectivity index (χ3n) is 2.56. The molecular formula is C11H19NOS. The molecule has 0 aromatic carbocycles. The van der Waals surface area contributed by atoms with E-state index in [1.54, 1.807) is 0 Å². The quantitative estimate of drug-likeness (QED) is 0.721. The summed E-state index contributed by atoms with van der Waals surface area (Å²) in [5.74, 6) is 0.505. The number of rotatable bonds is 6. The van der Waals surface area contributed by atoms with Gasteiger partial charge in [-0.2, -0.15) is 0 Å². The zero-order chi connectivity index (χ0) is 10.4. The molecule has 0 spiro atoms. The summed E-state index contributed by atoms with van der Waals surface area (Å²) in [7, 11) is 0. The number of unbranched alkanes of at least 4 members (excludes halogenated alkanes) is 3. The zero-order valence-corrected chi connectivity index (χ0v) is 9.82. The third kappa shape index (κ3) is 3.66. The molecular weight excluding hydrogens is 194 g/mol. The number of aromatic amines is 1. The highest BCUT2D eigenvalue weighted by Crippen LogP contribution is 2.20. The minimum absolute atomic E-state index is 0.0698. The van der Waals surface area contributed by atoms with Gasteiger partial charge in [-0.25, -0.2) is 0 Å². The van der Waals surface area contributed by atoms with Crippen LogP contribution in [0.25, 0.3) is 0 Å². The highest BCUT2D eigenvalue weighted by Gasteiger charge is 2.06. The second-order valence-corrected chi connectivity index (χ2v) is 4.70. The van der Waals surface area contributed by atoms with Gasteiger partial charge in [-0.05, 0) is 12.3 Å². The Kier molecular flexibility index (Phi) is 4.94. The molecule has 3 heteroatoms. The molecule has 1 aromatic rings. The summed E-state index contributed by atoms with van der Waals surface area (Å²) < 4.78 is 0. The van der Waals surface area contributed by atoms with E-state index >= 15 is 0 Å². The van der Waals surface area contributed by atoms with Crippen molar-refractivity contribution in [1.29, 1.82) is 0 Å². The molecule has 0 radical (unpaired) electrons. The normalized spacial score (nSPS) is 13.0. The van der Waals surface area contributed by atoms with E-state index in [4.69, 9.17) is 0 Å². The third-order valence-corrected chi connectivity index (χ3v) is 3.25. The molecule has 0 saturated carbocycles. The Morgan fingerprint density at radius 1 is 1.43 bits per heavy atom. The Hall–Kier alpha value is -0.570. The topological polar surface area (TPSA) is 32.9 Å². The van der Waals surface area contributed by atoms with Gasteiger partial charge in [0, 0.05) is 11.1 Å². The predicted octanol–water partition coefficient (Wildman–Crippen LogP) is 3.51. The van der Waals surface area contributed by atoms with Gasteiger partial charge in [0.2, 0.25) is 0 Å². The fourth-order valence-electron chi connectivity index (χ4n) is 1.57. The van der Waals surface area contributed by atoms with Gasteiger partial charge in [0.05, 0.1) is 0 Å². The maximum atomic E-state index is 10.9. The van der Waals surface area contributed by atoms with Crippen LogP contribution in [0.5, 0.6) is 0 Å². The fourth-order valence-corrected chi connectivity index (χ4v) is 2.27. The Morgan fingerprint density at radius 2 is 2.21 bits per heavy atom. The number of nitrogens with one attached hydrogen (secondary N) is 1. The molecule has 1 unspecified atom stereocenters. The van der Waals surface area contributed by atoms with Crippen LogP contribution < -0.4 is 4.87 Å². The van der Waals surface area contributed by atoms with Crippen molar-refractivity contribution in [2.45, 2.75) is 51.9 Å². The second kappa shape index (κ2) is 6.02. The Bertz CT molecular complexity index is 302. The van der Waals surface area contributed by atoms with Gasteiger partial charge in [-0.1, -0.05) is 50.9 Å². The van der Waals surface area contributed by atoms with Crippen molar-refractivity contribution in [3.63, 3.8) is 0 Å². The summed E-state index contributed by atoms with van der Waals surface area (Å²) in [6.45, 7) is 4.41. The maximum absolute atomic E-state index is 10.9. The first-order valence-electron chi connectivity index (χ1n) is 5.41. The molecule has 0 aliphatic rings. The minimum Gasteiger partial charge on any atom is -0.316 e. The molecule has 0 saturated heterocycles. The molecule has 0 bridgehead atoms.